The van der Waals surface area contributed by atoms with E-state index in [0.717, 1.165) is 0 Å². The lowest BCUT2D eigenvalue weighted by molar-refractivity contribution is 0.112. The second-order valence-electron chi connectivity index (χ2n) is 1.36. The van der Waals surface area contributed by atoms with Crippen molar-refractivity contribution in [1.29, 1.82) is 0 Å². The lowest BCUT2D eigenvalue weighted by Gasteiger charge is -1.78. The van der Waals surface area contributed by atoms with Crippen LogP contribution >= 0.6 is 23.2 Å². The monoisotopic (exact) mass is 164 g/mol. The molecule has 1 aromatic rings. The van der Waals surface area contributed by atoms with Crippen LogP contribution in [0.25, 0.3) is 0 Å². The Labute approximate surface area is 61.0 Å². The first-order valence-electron chi connectivity index (χ1n) is 2.10. The van der Waals surface area contributed by atoms with E-state index < -0.39 is 0 Å². The minimum absolute atomic E-state index is 0.106. The van der Waals surface area contributed by atoms with Gasteiger partial charge >= 0.3 is 0 Å². The average Bonchev–Trinajstić information content (AvgIpc) is 2.12. The molecule has 0 aliphatic rings. The van der Waals surface area contributed by atoms with Gasteiger partial charge in [-0.2, -0.15) is 5.10 Å². The van der Waals surface area contributed by atoms with Crippen LogP contribution in [-0.4, -0.2) is 16.5 Å². The summed E-state index contributed by atoms with van der Waals surface area (Å²) in [6.07, 6.45) is 0.550. The first kappa shape index (κ1) is 6.58. The molecule has 0 aliphatic carbocycles. The van der Waals surface area contributed by atoms with Crippen molar-refractivity contribution in [3.8, 4) is 0 Å². The second kappa shape index (κ2) is 2.37. The Hall–Kier alpha value is -0.540. The lowest BCUT2D eigenvalue weighted by atomic mass is 10.4. The fraction of sp³-hybridized carbons (Fsp3) is 0. The molecule has 0 unspecified atom stereocenters. The van der Waals surface area contributed by atoms with E-state index in [0.29, 0.717) is 6.29 Å². The van der Waals surface area contributed by atoms with E-state index in [1.807, 2.05) is 0 Å². The van der Waals surface area contributed by atoms with Crippen molar-refractivity contribution < 1.29 is 4.79 Å². The Morgan fingerprint density at radius 2 is 2.22 bits per heavy atom. The van der Waals surface area contributed by atoms with Gasteiger partial charge in [0.25, 0.3) is 0 Å². The topological polar surface area (TPSA) is 45.8 Å². The molecule has 1 aromatic heterocycles. The van der Waals surface area contributed by atoms with Gasteiger partial charge in [-0.1, -0.05) is 23.2 Å². The Kier molecular flexibility index (Phi) is 1.73. The summed E-state index contributed by atoms with van der Waals surface area (Å²) in [5.41, 5.74) is 0.207. The summed E-state index contributed by atoms with van der Waals surface area (Å²) in [5, 5.41) is 6.09. The van der Waals surface area contributed by atoms with Gasteiger partial charge in [0.05, 0.1) is 5.56 Å². The first-order chi connectivity index (χ1) is 4.25. The number of aromatic amines is 1. The molecule has 1 N–H and O–H groups in total. The Bertz CT molecular complexity index is 213. The number of H-pyrrole nitrogens is 1. The van der Waals surface area contributed by atoms with Gasteiger partial charge in [-0.25, -0.2) is 0 Å². The second-order valence-corrected chi connectivity index (χ2v) is 2.10. The Morgan fingerprint density at radius 3 is 2.44 bits per heavy atom. The smallest absolute Gasteiger partial charge is 0.162 e. The van der Waals surface area contributed by atoms with E-state index in [9.17, 15) is 4.79 Å². The number of nitrogens with one attached hydrogen (secondary N) is 1. The summed E-state index contributed by atoms with van der Waals surface area (Å²) in [4.78, 5) is 10.1. The number of halogens is 2. The van der Waals surface area contributed by atoms with Crippen molar-refractivity contribution in [3.05, 3.63) is 15.9 Å². The predicted molar refractivity (Wildman–Crippen MR) is 34.0 cm³/mol. The normalized spacial score (nSPS) is 9.56. The first-order valence-corrected chi connectivity index (χ1v) is 2.86. The molecule has 0 atom stereocenters. The number of aldehydes is 1. The standard InChI is InChI=1S/C4H2Cl2N2O/c5-3-2(1-9)4(6)8-7-3/h1H,(H,7,8). The molecule has 0 radical (unpaired) electrons. The SMILES string of the molecule is O=Cc1c(Cl)n[nH]c1Cl. The van der Waals surface area contributed by atoms with Gasteiger partial charge < -0.3 is 0 Å². The van der Waals surface area contributed by atoms with E-state index in [1.165, 1.54) is 0 Å². The van der Waals surface area contributed by atoms with Crippen LogP contribution in [0, 0.1) is 0 Å². The van der Waals surface area contributed by atoms with Crippen LogP contribution in [-0.2, 0) is 0 Å². The molecule has 48 valence electrons. The highest BCUT2D eigenvalue weighted by Gasteiger charge is 2.06. The molecule has 1 rings (SSSR count). The molecule has 0 saturated carbocycles. The van der Waals surface area contributed by atoms with Gasteiger partial charge in [0.1, 0.15) is 5.15 Å². The molecule has 3 nitrogen and oxygen atoms in total. The molecular weight excluding hydrogens is 163 g/mol. The zero-order chi connectivity index (χ0) is 6.85. The maximum Gasteiger partial charge on any atom is 0.162 e. The molecular formula is C4H2Cl2N2O. The zero-order valence-electron chi connectivity index (χ0n) is 4.19. The highest BCUT2D eigenvalue weighted by molar-refractivity contribution is 6.37. The maximum absolute atomic E-state index is 10.1. The predicted octanol–water partition coefficient (Wildman–Crippen LogP) is 1.53. The highest BCUT2D eigenvalue weighted by Crippen LogP contribution is 2.17. The van der Waals surface area contributed by atoms with Crippen LogP contribution in [0.2, 0.25) is 10.3 Å². The molecule has 0 fully saturated rings. The number of carbonyl (C=O) groups is 1. The van der Waals surface area contributed by atoms with Gasteiger partial charge in [0.15, 0.2) is 11.4 Å². The summed E-state index contributed by atoms with van der Waals surface area (Å²) in [7, 11) is 0. The van der Waals surface area contributed by atoms with Crippen LogP contribution in [0.1, 0.15) is 10.4 Å². The lowest BCUT2D eigenvalue weighted by Crippen LogP contribution is -1.74. The van der Waals surface area contributed by atoms with Gasteiger partial charge in [0, 0.05) is 0 Å². The van der Waals surface area contributed by atoms with Crippen molar-refractivity contribution in [2.45, 2.75) is 0 Å². The summed E-state index contributed by atoms with van der Waals surface area (Å²) in [6, 6.07) is 0. The molecule has 0 amide bonds. The van der Waals surface area contributed by atoms with Gasteiger partial charge in [-0.15, -0.1) is 0 Å². The largest absolute Gasteiger partial charge is 0.298 e. The summed E-state index contributed by atoms with van der Waals surface area (Å²) < 4.78 is 0. The minimum Gasteiger partial charge on any atom is -0.298 e. The quantitative estimate of drug-likeness (QED) is 0.641. The third-order valence-corrected chi connectivity index (χ3v) is 1.41. The fourth-order valence-corrected chi connectivity index (χ4v) is 0.815. The zero-order valence-corrected chi connectivity index (χ0v) is 5.70. The molecule has 9 heavy (non-hydrogen) atoms. The summed E-state index contributed by atoms with van der Waals surface area (Å²) in [5.74, 6) is 0. The number of carbonyl (C=O) groups excluding carboxylic acids is 1. The molecule has 0 spiro atoms. The van der Waals surface area contributed by atoms with E-state index in [4.69, 9.17) is 23.2 Å². The molecule has 0 saturated heterocycles. The number of hydrogen-bond donors (Lipinski definition) is 1. The van der Waals surface area contributed by atoms with Crippen molar-refractivity contribution in [2.24, 2.45) is 0 Å². The molecule has 0 bridgehead atoms. The van der Waals surface area contributed by atoms with Crippen molar-refractivity contribution in [2.75, 3.05) is 0 Å². The number of rotatable bonds is 1. The summed E-state index contributed by atoms with van der Waals surface area (Å²) in [6.45, 7) is 0. The third-order valence-electron chi connectivity index (χ3n) is 0.829. The number of hydrogen-bond acceptors (Lipinski definition) is 2. The highest BCUT2D eigenvalue weighted by atomic mass is 35.5. The molecule has 5 heteroatoms. The van der Waals surface area contributed by atoms with Gasteiger partial charge in [-0.05, 0) is 0 Å². The summed E-state index contributed by atoms with van der Waals surface area (Å²) >= 11 is 10.8. The third kappa shape index (κ3) is 1.06. The van der Waals surface area contributed by atoms with Crippen LogP contribution < -0.4 is 0 Å². The van der Waals surface area contributed by atoms with Gasteiger partial charge in [-0.3, -0.25) is 9.89 Å². The fourth-order valence-electron chi connectivity index (χ4n) is 0.410. The minimum atomic E-state index is 0.106. The van der Waals surface area contributed by atoms with Crippen LogP contribution in [0.15, 0.2) is 0 Å². The Morgan fingerprint density at radius 1 is 1.56 bits per heavy atom. The van der Waals surface area contributed by atoms with Crippen LogP contribution in [0.4, 0.5) is 0 Å². The Balaban J connectivity index is 3.22. The molecule has 0 aromatic carbocycles. The average molecular weight is 165 g/mol. The van der Waals surface area contributed by atoms with Crippen molar-refractivity contribution >= 4 is 29.5 Å². The molecule has 0 aliphatic heterocycles. The van der Waals surface area contributed by atoms with Crippen LogP contribution in [0.3, 0.4) is 0 Å². The van der Waals surface area contributed by atoms with Crippen molar-refractivity contribution in [3.63, 3.8) is 0 Å². The van der Waals surface area contributed by atoms with Crippen molar-refractivity contribution in [1.82, 2.24) is 10.2 Å². The van der Waals surface area contributed by atoms with E-state index >= 15 is 0 Å². The maximum atomic E-state index is 10.1. The number of nitrogens with zero attached hydrogens (tertiary/aromatic N) is 1. The van der Waals surface area contributed by atoms with E-state index in [1.54, 1.807) is 0 Å². The van der Waals surface area contributed by atoms with E-state index in [2.05, 4.69) is 10.2 Å². The van der Waals surface area contributed by atoms with Gasteiger partial charge in [0.2, 0.25) is 0 Å². The van der Waals surface area contributed by atoms with E-state index in [-0.39, 0.29) is 15.9 Å². The molecule has 1 heterocycles. The number of aromatic nitrogens is 2. The van der Waals surface area contributed by atoms with Crippen LogP contribution in [0.5, 0.6) is 0 Å².